The normalized spacial score (nSPS) is 37.7. The SMILES string of the molecule is CC1CCCC(NC(=O)CN2CC[C@@H](O)C2)C1C. The highest BCUT2D eigenvalue weighted by molar-refractivity contribution is 5.78. The molecule has 0 aromatic carbocycles. The maximum absolute atomic E-state index is 12.0. The highest BCUT2D eigenvalue weighted by Gasteiger charge is 2.29. The van der Waals surface area contributed by atoms with Crippen molar-refractivity contribution in [1.82, 2.24) is 10.2 Å². The van der Waals surface area contributed by atoms with Crippen molar-refractivity contribution in [3.05, 3.63) is 0 Å². The van der Waals surface area contributed by atoms with Gasteiger partial charge in [0.25, 0.3) is 0 Å². The van der Waals surface area contributed by atoms with E-state index in [4.69, 9.17) is 0 Å². The molecular formula is C14H26N2O2. The lowest BCUT2D eigenvalue weighted by atomic mass is 9.78. The van der Waals surface area contributed by atoms with Crippen molar-refractivity contribution in [2.24, 2.45) is 11.8 Å². The van der Waals surface area contributed by atoms with Crippen LogP contribution in [-0.4, -0.2) is 47.7 Å². The maximum atomic E-state index is 12.0. The van der Waals surface area contributed by atoms with Gasteiger partial charge in [-0.2, -0.15) is 0 Å². The monoisotopic (exact) mass is 254 g/mol. The Hall–Kier alpha value is -0.610. The third-order valence-electron chi connectivity index (χ3n) is 4.67. The molecular weight excluding hydrogens is 228 g/mol. The Morgan fingerprint density at radius 2 is 2.11 bits per heavy atom. The predicted octanol–water partition coefficient (Wildman–Crippen LogP) is 0.994. The van der Waals surface area contributed by atoms with Gasteiger partial charge in [0.15, 0.2) is 0 Å². The number of carbonyl (C=O) groups is 1. The summed E-state index contributed by atoms with van der Waals surface area (Å²) < 4.78 is 0. The third kappa shape index (κ3) is 3.45. The lowest BCUT2D eigenvalue weighted by Gasteiger charge is -2.34. The van der Waals surface area contributed by atoms with Crippen molar-refractivity contribution in [2.75, 3.05) is 19.6 Å². The van der Waals surface area contributed by atoms with Crippen LogP contribution < -0.4 is 5.32 Å². The molecule has 1 aliphatic carbocycles. The third-order valence-corrected chi connectivity index (χ3v) is 4.67. The summed E-state index contributed by atoms with van der Waals surface area (Å²) in [6, 6.07) is 0.341. The van der Waals surface area contributed by atoms with E-state index in [1.807, 2.05) is 4.90 Å². The minimum absolute atomic E-state index is 0.120. The Morgan fingerprint density at radius 3 is 2.78 bits per heavy atom. The first-order valence-electron chi connectivity index (χ1n) is 7.26. The van der Waals surface area contributed by atoms with Crippen LogP contribution in [0.5, 0.6) is 0 Å². The van der Waals surface area contributed by atoms with E-state index in [1.54, 1.807) is 0 Å². The van der Waals surface area contributed by atoms with Crippen molar-refractivity contribution in [2.45, 2.75) is 51.7 Å². The molecule has 18 heavy (non-hydrogen) atoms. The average Bonchev–Trinajstić information content (AvgIpc) is 2.70. The molecule has 4 atom stereocenters. The largest absolute Gasteiger partial charge is 0.392 e. The summed E-state index contributed by atoms with van der Waals surface area (Å²) in [5, 5.41) is 12.6. The predicted molar refractivity (Wildman–Crippen MR) is 71.2 cm³/mol. The van der Waals surface area contributed by atoms with E-state index < -0.39 is 0 Å². The molecule has 1 saturated heterocycles. The van der Waals surface area contributed by atoms with Crippen LogP contribution in [-0.2, 0) is 4.79 Å². The van der Waals surface area contributed by atoms with Gasteiger partial charge in [0.05, 0.1) is 12.6 Å². The summed E-state index contributed by atoms with van der Waals surface area (Å²) in [7, 11) is 0. The minimum Gasteiger partial charge on any atom is -0.392 e. The molecule has 104 valence electrons. The van der Waals surface area contributed by atoms with Crippen LogP contribution in [0.25, 0.3) is 0 Å². The molecule has 4 nitrogen and oxygen atoms in total. The number of aliphatic hydroxyl groups is 1. The van der Waals surface area contributed by atoms with Crippen LogP contribution in [0.3, 0.4) is 0 Å². The van der Waals surface area contributed by atoms with Crippen LogP contribution in [0.4, 0.5) is 0 Å². The zero-order valence-electron chi connectivity index (χ0n) is 11.6. The number of likely N-dealkylation sites (tertiary alicyclic amines) is 1. The Morgan fingerprint density at radius 1 is 1.33 bits per heavy atom. The summed E-state index contributed by atoms with van der Waals surface area (Å²) >= 11 is 0. The number of rotatable bonds is 3. The molecule has 0 radical (unpaired) electrons. The standard InChI is InChI=1S/C14H26N2O2/c1-10-4-3-5-13(11(10)2)15-14(18)9-16-7-6-12(17)8-16/h10-13,17H,3-9H2,1-2H3,(H,15,18)/t10?,11?,12-,13?/m1/s1. The summed E-state index contributed by atoms with van der Waals surface area (Å²) in [5.41, 5.74) is 0. The smallest absolute Gasteiger partial charge is 0.234 e. The van der Waals surface area contributed by atoms with Crippen LogP contribution in [0.1, 0.15) is 39.5 Å². The van der Waals surface area contributed by atoms with E-state index in [0.717, 1.165) is 19.4 Å². The van der Waals surface area contributed by atoms with E-state index in [-0.39, 0.29) is 12.0 Å². The van der Waals surface area contributed by atoms with Crippen molar-refractivity contribution < 1.29 is 9.90 Å². The molecule has 2 rings (SSSR count). The van der Waals surface area contributed by atoms with E-state index in [1.165, 1.54) is 12.8 Å². The molecule has 4 heteroatoms. The molecule has 3 unspecified atom stereocenters. The fourth-order valence-corrected chi connectivity index (χ4v) is 3.20. The molecule has 1 amide bonds. The first-order valence-corrected chi connectivity index (χ1v) is 7.26. The molecule has 0 bridgehead atoms. The maximum Gasteiger partial charge on any atom is 0.234 e. The van der Waals surface area contributed by atoms with Gasteiger partial charge in [0, 0.05) is 19.1 Å². The van der Waals surface area contributed by atoms with E-state index >= 15 is 0 Å². The Balaban J connectivity index is 1.76. The zero-order chi connectivity index (χ0) is 13.1. The Bertz CT molecular complexity index is 296. The van der Waals surface area contributed by atoms with Gasteiger partial charge >= 0.3 is 0 Å². The van der Waals surface area contributed by atoms with Crippen molar-refractivity contribution in [3.8, 4) is 0 Å². The zero-order valence-corrected chi connectivity index (χ0v) is 11.6. The molecule has 2 N–H and O–H groups in total. The Kier molecular flexibility index (Phi) is 4.62. The second kappa shape index (κ2) is 6.02. The first kappa shape index (κ1) is 13.8. The van der Waals surface area contributed by atoms with E-state index in [0.29, 0.717) is 31.0 Å². The van der Waals surface area contributed by atoms with Gasteiger partial charge in [-0.3, -0.25) is 9.69 Å². The first-order chi connectivity index (χ1) is 8.56. The van der Waals surface area contributed by atoms with Crippen LogP contribution in [0.15, 0.2) is 0 Å². The van der Waals surface area contributed by atoms with Gasteiger partial charge in [-0.1, -0.05) is 26.7 Å². The number of β-amino-alcohol motifs (C(OH)–C–C–N with tert-alkyl or cyclic N) is 1. The van der Waals surface area contributed by atoms with Gasteiger partial charge in [-0.25, -0.2) is 0 Å². The molecule has 2 aliphatic rings. The quantitative estimate of drug-likeness (QED) is 0.790. The molecule has 0 aromatic heterocycles. The number of nitrogens with zero attached hydrogens (tertiary/aromatic N) is 1. The van der Waals surface area contributed by atoms with E-state index in [9.17, 15) is 9.90 Å². The van der Waals surface area contributed by atoms with Gasteiger partial charge < -0.3 is 10.4 Å². The number of hydrogen-bond donors (Lipinski definition) is 2. The Labute approximate surface area is 110 Å². The lowest BCUT2D eigenvalue weighted by molar-refractivity contribution is -0.123. The molecule has 0 spiro atoms. The second-order valence-corrected chi connectivity index (χ2v) is 6.12. The highest BCUT2D eigenvalue weighted by Crippen LogP contribution is 2.29. The summed E-state index contributed by atoms with van der Waals surface area (Å²) in [5.74, 6) is 1.40. The summed E-state index contributed by atoms with van der Waals surface area (Å²) in [4.78, 5) is 14.0. The van der Waals surface area contributed by atoms with Crippen LogP contribution >= 0.6 is 0 Å². The number of nitrogens with one attached hydrogen (secondary N) is 1. The lowest BCUT2D eigenvalue weighted by Crippen LogP contribution is -2.47. The van der Waals surface area contributed by atoms with Crippen molar-refractivity contribution in [3.63, 3.8) is 0 Å². The number of hydrogen-bond acceptors (Lipinski definition) is 3. The molecule has 1 heterocycles. The van der Waals surface area contributed by atoms with Gasteiger partial charge in [-0.05, 0) is 24.7 Å². The van der Waals surface area contributed by atoms with Gasteiger partial charge in [-0.15, -0.1) is 0 Å². The van der Waals surface area contributed by atoms with Crippen molar-refractivity contribution in [1.29, 1.82) is 0 Å². The highest BCUT2D eigenvalue weighted by atomic mass is 16.3. The van der Waals surface area contributed by atoms with Crippen LogP contribution in [0.2, 0.25) is 0 Å². The fourth-order valence-electron chi connectivity index (χ4n) is 3.20. The number of aliphatic hydroxyl groups excluding tert-OH is 1. The molecule has 1 saturated carbocycles. The van der Waals surface area contributed by atoms with Gasteiger partial charge in [0.1, 0.15) is 0 Å². The van der Waals surface area contributed by atoms with Crippen molar-refractivity contribution >= 4 is 5.91 Å². The summed E-state index contributed by atoms with van der Waals surface area (Å²) in [6.07, 6.45) is 4.17. The van der Waals surface area contributed by atoms with E-state index in [2.05, 4.69) is 19.2 Å². The molecule has 0 aromatic rings. The average molecular weight is 254 g/mol. The molecule has 2 fully saturated rings. The topological polar surface area (TPSA) is 52.6 Å². The summed E-state index contributed by atoms with van der Waals surface area (Å²) in [6.45, 7) is 6.44. The molecule has 1 aliphatic heterocycles. The fraction of sp³-hybridized carbons (Fsp3) is 0.929. The van der Waals surface area contributed by atoms with Crippen LogP contribution in [0, 0.1) is 11.8 Å². The second-order valence-electron chi connectivity index (χ2n) is 6.12. The number of carbonyl (C=O) groups excluding carboxylic acids is 1. The minimum atomic E-state index is -0.244. The van der Waals surface area contributed by atoms with Gasteiger partial charge in [0.2, 0.25) is 5.91 Å². The number of amides is 1.